The minimum atomic E-state index is 0.363. The molecule has 0 aliphatic rings. The van der Waals surface area contributed by atoms with E-state index in [4.69, 9.17) is 22.1 Å². The van der Waals surface area contributed by atoms with Gasteiger partial charge in [-0.05, 0) is 31.2 Å². The quantitative estimate of drug-likeness (QED) is 0.505. The van der Waals surface area contributed by atoms with Crippen molar-refractivity contribution in [2.45, 2.75) is 6.92 Å². The Bertz CT molecular complexity index is 611. The molecule has 3 N–H and O–H groups in total. The maximum atomic E-state index is 5.99. The summed E-state index contributed by atoms with van der Waals surface area (Å²) in [5.41, 5.74) is 7.92. The average molecular weight is 304 g/mol. The lowest BCUT2D eigenvalue weighted by molar-refractivity contribution is 0.329. The van der Waals surface area contributed by atoms with Gasteiger partial charge in [-0.15, -0.1) is 0 Å². The van der Waals surface area contributed by atoms with Gasteiger partial charge in [-0.25, -0.2) is 4.99 Å². The van der Waals surface area contributed by atoms with Gasteiger partial charge in [0.2, 0.25) is 0 Å². The largest absolute Gasteiger partial charge is 0.490 e. The Balaban J connectivity index is 1.78. The van der Waals surface area contributed by atoms with E-state index in [1.165, 1.54) is 5.56 Å². The Morgan fingerprint density at radius 2 is 1.90 bits per heavy atom. The molecular formula is C16H18ClN3O. The van der Waals surface area contributed by atoms with Gasteiger partial charge in [0.25, 0.3) is 0 Å². The first-order chi connectivity index (χ1) is 10.1. The van der Waals surface area contributed by atoms with Crippen LogP contribution in [-0.4, -0.2) is 19.1 Å². The highest BCUT2D eigenvalue weighted by Gasteiger charge is 1.99. The molecule has 4 nitrogen and oxygen atoms in total. The highest BCUT2D eigenvalue weighted by molar-refractivity contribution is 6.32. The summed E-state index contributed by atoms with van der Waals surface area (Å²) in [6.45, 7) is 2.91. The van der Waals surface area contributed by atoms with Crippen molar-refractivity contribution in [1.82, 2.24) is 0 Å². The van der Waals surface area contributed by atoms with Crippen LogP contribution in [0, 0.1) is 6.92 Å². The van der Waals surface area contributed by atoms with Gasteiger partial charge in [0.15, 0.2) is 5.96 Å². The number of para-hydroxylation sites is 1. The molecular weight excluding hydrogens is 286 g/mol. The number of halogens is 1. The third-order valence-electron chi connectivity index (χ3n) is 2.79. The Hall–Kier alpha value is -2.20. The molecule has 21 heavy (non-hydrogen) atoms. The zero-order chi connectivity index (χ0) is 15.1. The van der Waals surface area contributed by atoms with Gasteiger partial charge in [-0.2, -0.15) is 0 Å². The molecule has 110 valence electrons. The van der Waals surface area contributed by atoms with Gasteiger partial charge in [-0.1, -0.05) is 41.4 Å². The Morgan fingerprint density at radius 1 is 1.19 bits per heavy atom. The first kappa shape index (κ1) is 15.2. The zero-order valence-corrected chi connectivity index (χ0v) is 12.6. The fourth-order valence-electron chi connectivity index (χ4n) is 1.71. The van der Waals surface area contributed by atoms with Crippen LogP contribution in [0.15, 0.2) is 53.5 Å². The van der Waals surface area contributed by atoms with Crippen LogP contribution in [0.5, 0.6) is 5.75 Å². The molecule has 2 rings (SSSR count). The van der Waals surface area contributed by atoms with Crippen molar-refractivity contribution >= 4 is 23.2 Å². The van der Waals surface area contributed by atoms with Crippen molar-refractivity contribution < 1.29 is 4.74 Å². The highest BCUT2D eigenvalue weighted by atomic mass is 35.5. The summed E-state index contributed by atoms with van der Waals surface area (Å²) in [6, 6.07) is 15.3. The fourth-order valence-corrected chi connectivity index (χ4v) is 1.90. The maximum absolute atomic E-state index is 5.99. The Morgan fingerprint density at radius 3 is 2.62 bits per heavy atom. The van der Waals surface area contributed by atoms with E-state index in [1.54, 1.807) is 6.07 Å². The molecule has 0 saturated heterocycles. The minimum absolute atomic E-state index is 0.363. The summed E-state index contributed by atoms with van der Waals surface area (Å²) < 4.78 is 5.53. The number of nitrogens with zero attached hydrogens (tertiary/aromatic N) is 1. The second kappa shape index (κ2) is 7.55. The Labute approximate surface area is 129 Å². The van der Waals surface area contributed by atoms with Crippen molar-refractivity contribution in [2.75, 3.05) is 18.5 Å². The second-order valence-corrected chi connectivity index (χ2v) is 4.94. The van der Waals surface area contributed by atoms with Crippen molar-refractivity contribution in [3.63, 3.8) is 0 Å². The highest BCUT2D eigenvalue weighted by Crippen LogP contribution is 2.22. The predicted octanol–water partition coefficient (Wildman–Crippen LogP) is 3.45. The third-order valence-corrected chi connectivity index (χ3v) is 3.10. The van der Waals surface area contributed by atoms with Crippen LogP contribution in [0.25, 0.3) is 0 Å². The zero-order valence-electron chi connectivity index (χ0n) is 11.8. The van der Waals surface area contributed by atoms with Crippen molar-refractivity contribution in [3.05, 3.63) is 59.1 Å². The van der Waals surface area contributed by atoms with Crippen LogP contribution in [0.3, 0.4) is 0 Å². The number of anilines is 1. The molecule has 0 radical (unpaired) electrons. The SMILES string of the molecule is Cc1ccc(NC(N)=NCCOc2ccccc2Cl)cc1. The topological polar surface area (TPSA) is 59.6 Å². The molecule has 5 heteroatoms. The van der Waals surface area contributed by atoms with Crippen LogP contribution in [-0.2, 0) is 0 Å². The summed E-state index contributed by atoms with van der Waals surface area (Å²) in [5.74, 6) is 1.01. The lowest BCUT2D eigenvalue weighted by Gasteiger charge is -2.07. The van der Waals surface area contributed by atoms with E-state index in [9.17, 15) is 0 Å². The number of aryl methyl sites for hydroxylation is 1. The number of nitrogens with one attached hydrogen (secondary N) is 1. The minimum Gasteiger partial charge on any atom is -0.490 e. The van der Waals surface area contributed by atoms with E-state index in [1.807, 2.05) is 49.4 Å². The predicted molar refractivity (Wildman–Crippen MR) is 88.2 cm³/mol. The number of hydrogen-bond acceptors (Lipinski definition) is 2. The molecule has 0 saturated carbocycles. The van der Waals surface area contributed by atoms with Crippen molar-refractivity contribution in [1.29, 1.82) is 0 Å². The molecule has 0 fully saturated rings. The van der Waals surface area contributed by atoms with Crippen molar-refractivity contribution in [2.24, 2.45) is 10.7 Å². The number of rotatable bonds is 5. The third kappa shape index (κ3) is 5.00. The van der Waals surface area contributed by atoms with E-state index in [2.05, 4.69) is 10.3 Å². The molecule has 2 aromatic rings. The van der Waals surface area contributed by atoms with Gasteiger partial charge < -0.3 is 15.8 Å². The number of benzene rings is 2. The van der Waals surface area contributed by atoms with E-state index < -0.39 is 0 Å². The summed E-state index contributed by atoms with van der Waals surface area (Å²) >= 11 is 5.99. The van der Waals surface area contributed by atoms with Gasteiger partial charge in [0, 0.05) is 5.69 Å². The van der Waals surface area contributed by atoms with Crippen LogP contribution in [0.1, 0.15) is 5.56 Å². The Kier molecular flexibility index (Phi) is 5.46. The average Bonchev–Trinajstić information content (AvgIpc) is 2.48. The summed E-state index contributed by atoms with van der Waals surface area (Å²) in [4.78, 5) is 4.20. The molecule has 0 heterocycles. The normalized spacial score (nSPS) is 11.2. The number of ether oxygens (including phenoxy) is 1. The molecule has 0 aromatic heterocycles. The summed E-state index contributed by atoms with van der Waals surface area (Å²) in [5, 5.41) is 3.62. The molecule has 0 bridgehead atoms. The standard InChI is InChI=1S/C16H18ClN3O/c1-12-6-8-13(9-7-12)20-16(18)19-10-11-21-15-5-3-2-4-14(15)17/h2-9H,10-11H2,1H3,(H3,18,19,20). The van der Waals surface area contributed by atoms with Crippen molar-refractivity contribution in [3.8, 4) is 5.75 Å². The number of hydrogen-bond donors (Lipinski definition) is 2. The first-order valence-electron chi connectivity index (χ1n) is 6.66. The molecule has 0 amide bonds. The summed E-state index contributed by atoms with van der Waals surface area (Å²) in [7, 11) is 0. The fraction of sp³-hybridized carbons (Fsp3) is 0.188. The van der Waals surface area contributed by atoms with Gasteiger partial charge in [0.05, 0.1) is 11.6 Å². The lowest BCUT2D eigenvalue weighted by atomic mass is 10.2. The van der Waals surface area contributed by atoms with Crippen LogP contribution in [0.4, 0.5) is 5.69 Å². The number of nitrogens with two attached hydrogens (primary N) is 1. The monoisotopic (exact) mass is 303 g/mol. The van der Waals surface area contributed by atoms with Crippen LogP contribution < -0.4 is 15.8 Å². The maximum Gasteiger partial charge on any atom is 0.193 e. The molecule has 0 aliphatic heterocycles. The van der Waals surface area contributed by atoms with Crippen LogP contribution in [0.2, 0.25) is 5.02 Å². The summed E-state index contributed by atoms with van der Waals surface area (Å²) in [6.07, 6.45) is 0. The van der Waals surface area contributed by atoms with E-state index in [-0.39, 0.29) is 0 Å². The number of aliphatic imine (C=N–C) groups is 1. The number of guanidine groups is 1. The molecule has 0 spiro atoms. The molecule has 2 aromatic carbocycles. The lowest BCUT2D eigenvalue weighted by Crippen LogP contribution is -2.23. The first-order valence-corrected chi connectivity index (χ1v) is 7.04. The van der Waals surface area contributed by atoms with Gasteiger partial charge in [0.1, 0.15) is 12.4 Å². The van der Waals surface area contributed by atoms with Gasteiger partial charge >= 0.3 is 0 Å². The second-order valence-electron chi connectivity index (χ2n) is 4.54. The van der Waals surface area contributed by atoms with E-state index in [0.717, 1.165) is 5.69 Å². The molecule has 0 aliphatic carbocycles. The molecule has 0 atom stereocenters. The van der Waals surface area contributed by atoms with Gasteiger partial charge in [-0.3, -0.25) is 0 Å². The molecule has 0 unspecified atom stereocenters. The van der Waals surface area contributed by atoms with Crippen LogP contribution >= 0.6 is 11.6 Å². The smallest absolute Gasteiger partial charge is 0.193 e. The van der Waals surface area contributed by atoms with E-state index >= 15 is 0 Å². The van der Waals surface area contributed by atoms with E-state index in [0.29, 0.717) is 29.9 Å².